The van der Waals surface area contributed by atoms with Gasteiger partial charge in [-0.05, 0) is 20.8 Å². The monoisotopic (exact) mass is 162 g/mol. The Balaban J connectivity index is 3.02. The highest BCUT2D eigenvalue weighted by molar-refractivity contribution is 4.62. The first-order chi connectivity index (χ1) is 5.06. The largest absolute Gasteiger partial charge is 0.388 e. The predicted molar refractivity (Wildman–Crippen MR) is 43.6 cm³/mol. The fourth-order valence-electron chi connectivity index (χ4n) is 0.584. The first kappa shape index (κ1) is 10.9. The zero-order valence-corrected chi connectivity index (χ0v) is 7.59. The Morgan fingerprint density at radius 1 is 1.18 bits per heavy atom. The highest BCUT2D eigenvalue weighted by Gasteiger charge is 2.11. The summed E-state index contributed by atoms with van der Waals surface area (Å²) < 4.78 is 10.2. The van der Waals surface area contributed by atoms with Crippen LogP contribution in [0.2, 0.25) is 0 Å². The van der Waals surface area contributed by atoms with Crippen molar-refractivity contribution >= 4 is 0 Å². The molecule has 0 spiro atoms. The predicted octanol–water partition coefficient (Wildman–Crippen LogP) is 0.810. The van der Waals surface area contributed by atoms with Crippen molar-refractivity contribution in [3.8, 4) is 0 Å². The maximum atomic E-state index is 9.21. The fraction of sp³-hybridized carbons (Fsp3) is 1.00. The van der Waals surface area contributed by atoms with Crippen LogP contribution in [0, 0.1) is 0 Å². The van der Waals surface area contributed by atoms with Crippen LogP contribution in [-0.4, -0.2) is 37.1 Å². The van der Waals surface area contributed by atoms with Gasteiger partial charge in [0, 0.05) is 6.61 Å². The molecule has 0 fully saturated rings. The Bertz CT molecular complexity index is 85.8. The highest BCUT2D eigenvalue weighted by Crippen LogP contribution is 2.00. The van der Waals surface area contributed by atoms with E-state index in [2.05, 4.69) is 0 Å². The lowest BCUT2D eigenvalue weighted by atomic mass is 10.2. The third kappa shape index (κ3) is 9.88. The Hall–Kier alpha value is -0.120. The molecule has 0 saturated heterocycles. The van der Waals surface area contributed by atoms with Crippen LogP contribution in [0.25, 0.3) is 0 Å². The van der Waals surface area contributed by atoms with E-state index < -0.39 is 5.60 Å². The van der Waals surface area contributed by atoms with Gasteiger partial charge in [-0.25, -0.2) is 0 Å². The lowest BCUT2D eigenvalue weighted by Gasteiger charge is -2.16. The zero-order valence-electron chi connectivity index (χ0n) is 7.59. The molecule has 0 unspecified atom stereocenters. The second kappa shape index (κ2) is 5.52. The number of hydrogen-bond donors (Lipinski definition) is 1. The number of hydrogen-bond acceptors (Lipinski definition) is 3. The average Bonchev–Trinajstić information content (AvgIpc) is 1.85. The van der Waals surface area contributed by atoms with Crippen molar-refractivity contribution in [2.75, 3.05) is 26.4 Å². The molecule has 0 aliphatic rings. The van der Waals surface area contributed by atoms with Gasteiger partial charge in [0.05, 0.1) is 25.4 Å². The maximum Gasteiger partial charge on any atom is 0.0824 e. The summed E-state index contributed by atoms with van der Waals surface area (Å²) in [4.78, 5) is 0. The van der Waals surface area contributed by atoms with Gasteiger partial charge in [-0.15, -0.1) is 0 Å². The van der Waals surface area contributed by atoms with Crippen LogP contribution in [0.4, 0.5) is 0 Å². The Kier molecular flexibility index (Phi) is 5.46. The van der Waals surface area contributed by atoms with Gasteiger partial charge in [0.1, 0.15) is 0 Å². The van der Waals surface area contributed by atoms with E-state index in [0.29, 0.717) is 26.4 Å². The maximum absolute atomic E-state index is 9.21. The molecule has 0 rings (SSSR count). The summed E-state index contributed by atoms with van der Waals surface area (Å²) in [6, 6.07) is 0. The van der Waals surface area contributed by atoms with E-state index in [1.165, 1.54) is 0 Å². The molecule has 0 aromatic rings. The van der Waals surface area contributed by atoms with Crippen LogP contribution in [0.3, 0.4) is 0 Å². The Morgan fingerprint density at radius 3 is 2.18 bits per heavy atom. The summed E-state index contributed by atoms with van der Waals surface area (Å²) in [6.45, 7) is 7.60. The molecule has 0 amide bonds. The van der Waals surface area contributed by atoms with Gasteiger partial charge < -0.3 is 14.6 Å². The van der Waals surface area contributed by atoms with Crippen molar-refractivity contribution in [3.05, 3.63) is 0 Å². The SMILES string of the molecule is CCOCCOCC(C)(C)O. The van der Waals surface area contributed by atoms with E-state index in [1.54, 1.807) is 13.8 Å². The van der Waals surface area contributed by atoms with Crippen LogP contribution in [0.15, 0.2) is 0 Å². The molecule has 0 aromatic heterocycles. The van der Waals surface area contributed by atoms with Gasteiger partial charge in [0.25, 0.3) is 0 Å². The summed E-state index contributed by atoms with van der Waals surface area (Å²) in [5.41, 5.74) is -0.730. The minimum atomic E-state index is -0.730. The van der Waals surface area contributed by atoms with Crippen molar-refractivity contribution in [3.63, 3.8) is 0 Å². The molecule has 1 N–H and O–H groups in total. The summed E-state index contributed by atoms with van der Waals surface area (Å²) in [5.74, 6) is 0. The van der Waals surface area contributed by atoms with Gasteiger partial charge in [-0.3, -0.25) is 0 Å². The first-order valence-corrected chi connectivity index (χ1v) is 3.94. The molecule has 0 bridgehead atoms. The summed E-state index contributed by atoms with van der Waals surface area (Å²) in [6.07, 6.45) is 0. The lowest BCUT2D eigenvalue weighted by Crippen LogP contribution is -2.26. The van der Waals surface area contributed by atoms with Gasteiger partial charge in [0.15, 0.2) is 0 Å². The summed E-state index contributed by atoms with van der Waals surface area (Å²) >= 11 is 0. The molecule has 3 nitrogen and oxygen atoms in total. The number of ether oxygens (including phenoxy) is 2. The van der Waals surface area contributed by atoms with E-state index in [0.717, 1.165) is 0 Å². The number of rotatable bonds is 6. The quantitative estimate of drug-likeness (QED) is 0.587. The second-order valence-electron chi connectivity index (χ2n) is 3.06. The van der Waals surface area contributed by atoms with Crippen LogP contribution in [0.5, 0.6) is 0 Å². The number of aliphatic hydroxyl groups is 1. The lowest BCUT2D eigenvalue weighted by molar-refractivity contribution is -0.0362. The molecule has 0 aromatic carbocycles. The molecule has 0 atom stereocenters. The molecule has 68 valence electrons. The van der Waals surface area contributed by atoms with E-state index in [-0.39, 0.29) is 0 Å². The van der Waals surface area contributed by atoms with Crippen LogP contribution < -0.4 is 0 Å². The van der Waals surface area contributed by atoms with Crippen LogP contribution in [0.1, 0.15) is 20.8 Å². The van der Waals surface area contributed by atoms with Crippen LogP contribution >= 0.6 is 0 Å². The first-order valence-electron chi connectivity index (χ1n) is 3.94. The third-order valence-electron chi connectivity index (χ3n) is 1.03. The van der Waals surface area contributed by atoms with Crippen molar-refractivity contribution < 1.29 is 14.6 Å². The van der Waals surface area contributed by atoms with E-state index in [4.69, 9.17) is 9.47 Å². The molecular formula is C8H18O3. The highest BCUT2D eigenvalue weighted by atomic mass is 16.5. The molecule has 11 heavy (non-hydrogen) atoms. The molecule has 0 heterocycles. The van der Waals surface area contributed by atoms with E-state index >= 15 is 0 Å². The van der Waals surface area contributed by atoms with Gasteiger partial charge in [-0.1, -0.05) is 0 Å². The molecule has 3 heteroatoms. The Labute approximate surface area is 68.3 Å². The van der Waals surface area contributed by atoms with Gasteiger partial charge in [-0.2, -0.15) is 0 Å². The normalized spacial score (nSPS) is 12.0. The minimum absolute atomic E-state index is 0.361. The zero-order chi connectivity index (χ0) is 8.74. The van der Waals surface area contributed by atoms with Gasteiger partial charge >= 0.3 is 0 Å². The fourth-order valence-corrected chi connectivity index (χ4v) is 0.584. The topological polar surface area (TPSA) is 38.7 Å². The molecule has 0 saturated carbocycles. The molecule has 0 aliphatic carbocycles. The third-order valence-corrected chi connectivity index (χ3v) is 1.03. The van der Waals surface area contributed by atoms with Crippen LogP contribution in [-0.2, 0) is 9.47 Å². The van der Waals surface area contributed by atoms with Gasteiger partial charge in [0.2, 0.25) is 0 Å². The molecule has 0 radical (unpaired) electrons. The molecular weight excluding hydrogens is 144 g/mol. The summed E-state index contributed by atoms with van der Waals surface area (Å²) in [7, 11) is 0. The smallest absolute Gasteiger partial charge is 0.0824 e. The second-order valence-corrected chi connectivity index (χ2v) is 3.06. The van der Waals surface area contributed by atoms with E-state index in [9.17, 15) is 5.11 Å². The van der Waals surface area contributed by atoms with E-state index in [1.807, 2.05) is 6.92 Å². The van der Waals surface area contributed by atoms with Crippen molar-refractivity contribution in [1.82, 2.24) is 0 Å². The average molecular weight is 162 g/mol. The molecule has 0 aliphatic heterocycles. The minimum Gasteiger partial charge on any atom is -0.388 e. The van der Waals surface area contributed by atoms with Crippen molar-refractivity contribution in [2.45, 2.75) is 26.4 Å². The Morgan fingerprint density at radius 2 is 1.73 bits per heavy atom. The summed E-state index contributed by atoms with van der Waals surface area (Å²) in [5, 5.41) is 9.21. The standard InChI is InChI=1S/C8H18O3/c1-4-10-5-6-11-7-8(2,3)9/h9H,4-7H2,1-3H3. The van der Waals surface area contributed by atoms with Crippen molar-refractivity contribution in [2.24, 2.45) is 0 Å². The van der Waals surface area contributed by atoms with Crippen molar-refractivity contribution in [1.29, 1.82) is 0 Å².